The maximum atomic E-state index is 9.45. The van der Waals surface area contributed by atoms with Crippen molar-refractivity contribution >= 4 is 47.7 Å². The van der Waals surface area contributed by atoms with E-state index in [1.54, 1.807) is 30.7 Å². The topological polar surface area (TPSA) is 95.2 Å². The van der Waals surface area contributed by atoms with Crippen molar-refractivity contribution < 1.29 is 32.8 Å². The summed E-state index contributed by atoms with van der Waals surface area (Å²) < 4.78 is 0. The summed E-state index contributed by atoms with van der Waals surface area (Å²) in [4.78, 5) is 0. The number of nitrogens with zero attached hydrogens (tertiary/aromatic N) is 4. The Hall–Kier alpha value is -5.69. The van der Waals surface area contributed by atoms with Crippen LogP contribution < -0.4 is 44.2 Å². The molecule has 1 aliphatic carbocycles. The van der Waals surface area contributed by atoms with Gasteiger partial charge in [-0.15, -0.1) is 0 Å². The van der Waals surface area contributed by atoms with E-state index < -0.39 is 32.6 Å². The molecule has 7 aromatic rings. The van der Waals surface area contributed by atoms with Crippen LogP contribution in [0.5, 0.6) is 0 Å². The first-order valence-electron chi connectivity index (χ1n) is 18.5. The van der Waals surface area contributed by atoms with Crippen LogP contribution in [0.3, 0.4) is 0 Å². The van der Waals surface area contributed by atoms with Crippen LogP contribution in [0.15, 0.2) is 212 Å². The Balaban J connectivity index is 0.000000192. The van der Waals surface area contributed by atoms with Crippen molar-refractivity contribution in [1.82, 2.24) is 0 Å². The molecule has 0 N–H and O–H groups in total. The van der Waals surface area contributed by atoms with Crippen LogP contribution in [0, 0.1) is 62.6 Å². The summed E-state index contributed by atoms with van der Waals surface area (Å²) >= 11 is 0. The maximum absolute atomic E-state index is 9.45. The fourth-order valence-electron chi connectivity index (χ4n) is 6.95. The van der Waals surface area contributed by atoms with Gasteiger partial charge in [-0.05, 0) is 66.1 Å². The zero-order valence-electron chi connectivity index (χ0n) is 31.9. The van der Waals surface area contributed by atoms with E-state index in [1.807, 2.05) is 30.3 Å². The summed E-state index contributed by atoms with van der Waals surface area (Å²) in [5, 5.41) is 45.9. The van der Waals surface area contributed by atoms with Crippen LogP contribution in [-0.2, 0) is 20.4 Å². The van der Waals surface area contributed by atoms with Crippen molar-refractivity contribution in [2.75, 3.05) is 0 Å². The van der Waals surface area contributed by atoms with Gasteiger partial charge in [-0.1, -0.05) is 212 Å². The average Bonchev–Trinajstić information content (AvgIpc) is 3.64. The van der Waals surface area contributed by atoms with Crippen LogP contribution in [0.1, 0.15) is 17.9 Å². The molecular weight excluding hydrogens is 872 g/mol. The van der Waals surface area contributed by atoms with Crippen molar-refractivity contribution in [3.05, 3.63) is 224 Å². The standard InChI is InChI=1S/2C18H15P.C15H9N4.ClH.Pd/c2*1-4-10-16(11-5-1)19(17-12-6-2-7-13-17)18-14-8-3-9-15-18;16-8-14(9-17)7-6-13(15(14,10-18)11-19)12-4-2-1-3-5-12;;/h2*1-15H;1-6,13H,7H2;1H;/p-1. The van der Waals surface area contributed by atoms with Gasteiger partial charge in [0, 0.05) is 26.3 Å². The molecule has 0 spiro atoms. The van der Waals surface area contributed by atoms with Gasteiger partial charge in [0.15, 0.2) is 10.8 Å². The van der Waals surface area contributed by atoms with Crippen LogP contribution in [0.2, 0.25) is 0 Å². The summed E-state index contributed by atoms with van der Waals surface area (Å²) in [7, 11) is -0.892. The van der Waals surface area contributed by atoms with Crippen molar-refractivity contribution in [3.63, 3.8) is 0 Å². The van der Waals surface area contributed by atoms with Crippen molar-refractivity contribution in [2.45, 2.75) is 12.3 Å². The Morgan fingerprint density at radius 1 is 0.373 bits per heavy atom. The second-order valence-corrected chi connectivity index (χ2v) is 17.6. The number of benzene rings is 7. The fourth-order valence-corrected chi connectivity index (χ4v) is 11.6. The summed E-state index contributed by atoms with van der Waals surface area (Å²) in [6, 6.07) is 81.3. The molecule has 1 atom stereocenters. The first-order valence-corrected chi connectivity index (χ1v) is 21.2. The monoisotopic (exact) mass is 910 g/mol. The predicted molar refractivity (Wildman–Crippen MR) is 236 cm³/mol. The van der Waals surface area contributed by atoms with Crippen molar-refractivity contribution in [1.29, 1.82) is 21.0 Å². The largest absolute Gasteiger partial charge is 1.00 e. The molecule has 8 rings (SSSR count). The van der Waals surface area contributed by atoms with Gasteiger partial charge < -0.3 is 12.4 Å². The molecule has 0 aliphatic heterocycles. The van der Waals surface area contributed by atoms with Gasteiger partial charge >= 0.3 is 0 Å². The first kappa shape index (κ1) is 46.0. The van der Waals surface area contributed by atoms with E-state index >= 15 is 0 Å². The molecule has 7 aromatic carbocycles. The van der Waals surface area contributed by atoms with E-state index in [4.69, 9.17) is 0 Å². The molecule has 0 saturated heterocycles. The molecule has 59 heavy (non-hydrogen) atoms. The van der Waals surface area contributed by atoms with E-state index in [0.29, 0.717) is 0 Å². The van der Waals surface area contributed by atoms with Gasteiger partial charge in [-0.25, -0.2) is 0 Å². The smallest absolute Gasteiger partial charge is 0.182 e. The van der Waals surface area contributed by atoms with Gasteiger partial charge in [0.2, 0.25) is 0 Å². The number of halogens is 1. The second-order valence-electron chi connectivity index (χ2n) is 13.2. The Labute approximate surface area is 371 Å². The molecule has 1 radical (unpaired) electrons. The second kappa shape index (κ2) is 23.0. The minimum absolute atomic E-state index is 0. The molecule has 8 heteroatoms. The van der Waals surface area contributed by atoms with Gasteiger partial charge in [0.05, 0.1) is 24.3 Å². The summed E-state index contributed by atoms with van der Waals surface area (Å²) in [5.41, 5.74) is -2.48. The Morgan fingerprint density at radius 3 is 0.831 bits per heavy atom. The van der Waals surface area contributed by atoms with Gasteiger partial charge in [-0.3, -0.25) is 0 Å². The normalized spacial score (nSPS) is 14.0. The average molecular weight is 912 g/mol. The van der Waals surface area contributed by atoms with E-state index in [2.05, 4.69) is 182 Å². The molecule has 1 saturated carbocycles. The third-order valence-corrected chi connectivity index (χ3v) is 14.7. The molecule has 0 aromatic heterocycles. The van der Waals surface area contributed by atoms with Crippen LogP contribution >= 0.6 is 15.8 Å². The van der Waals surface area contributed by atoms with Crippen molar-refractivity contribution in [2.24, 2.45) is 10.8 Å². The van der Waals surface area contributed by atoms with Gasteiger partial charge in [0.1, 0.15) is 0 Å². The molecule has 1 fully saturated rings. The zero-order chi connectivity index (χ0) is 39.8. The summed E-state index contributed by atoms with van der Waals surface area (Å²) in [6.45, 7) is 0. The molecule has 0 amide bonds. The number of rotatable bonds is 7. The molecule has 1 unspecified atom stereocenters. The number of hydrogen-bond donors (Lipinski definition) is 0. The Morgan fingerprint density at radius 2 is 0.610 bits per heavy atom. The number of hydrogen-bond acceptors (Lipinski definition) is 4. The van der Waals surface area contributed by atoms with E-state index in [-0.39, 0.29) is 39.3 Å². The third-order valence-electron chi connectivity index (χ3n) is 9.78. The number of nitriles is 4. The molecule has 4 nitrogen and oxygen atoms in total. The van der Waals surface area contributed by atoms with E-state index in [9.17, 15) is 21.0 Å². The quantitative estimate of drug-likeness (QED) is 0.138. The van der Waals surface area contributed by atoms with Crippen LogP contribution in [0.4, 0.5) is 0 Å². The van der Waals surface area contributed by atoms with E-state index in [0.717, 1.165) is 5.56 Å². The molecule has 0 bridgehead atoms. The summed E-state index contributed by atoms with van der Waals surface area (Å²) in [5.74, 6) is -0.525. The Bertz CT molecular complexity index is 2140. The maximum Gasteiger partial charge on any atom is 0.182 e. The van der Waals surface area contributed by atoms with Crippen LogP contribution in [0.25, 0.3) is 0 Å². The van der Waals surface area contributed by atoms with Crippen molar-refractivity contribution in [3.8, 4) is 24.3 Å². The Kier molecular flexibility index (Phi) is 18.0. The predicted octanol–water partition coefficient (Wildman–Crippen LogP) is 6.34. The minimum Gasteiger partial charge on any atom is -1.00 e. The molecule has 291 valence electrons. The summed E-state index contributed by atoms with van der Waals surface area (Å²) in [6.07, 6.45) is 1.86. The third kappa shape index (κ3) is 10.7. The molecule has 1 aliphatic rings. The zero-order valence-corrected chi connectivity index (χ0v) is 36.0. The van der Waals surface area contributed by atoms with Gasteiger partial charge in [-0.2, -0.15) is 21.0 Å². The van der Waals surface area contributed by atoms with Gasteiger partial charge in [0.25, 0.3) is 0 Å². The fraction of sp³-hybridized carbons (Fsp3) is 0.0784. The SMILES string of the molecule is N#CC1(C#N)C[CH]C(c2ccccc2)C1(C#N)C#N.[Cl-].[Pd].c1ccc(P(c2ccccc2)c2ccccc2)cc1.c1ccc(P(c2ccccc2)c2ccccc2)cc1. The molecular formula is C51H39ClN4P2Pd-. The molecule has 0 heterocycles. The minimum atomic E-state index is -1.65. The van der Waals surface area contributed by atoms with Crippen LogP contribution in [-0.4, -0.2) is 0 Å². The van der Waals surface area contributed by atoms with E-state index in [1.165, 1.54) is 31.8 Å². The first-order chi connectivity index (χ1) is 28.1.